The number of nitrogens with one attached hydrogen (secondary N) is 1. The van der Waals surface area contributed by atoms with Crippen LogP contribution in [-0.4, -0.2) is 40.5 Å². The SMILES string of the molecule is Cc1cc(SCC(=O)N[C@@H](CCO)C(=O)O)c(C)cc1Br. The van der Waals surface area contributed by atoms with Gasteiger partial charge in [-0.2, -0.15) is 0 Å². The number of amides is 1. The van der Waals surface area contributed by atoms with Gasteiger partial charge in [-0.05, 0) is 37.1 Å². The molecule has 0 heterocycles. The highest BCUT2D eigenvalue weighted by Crippen LogP contribution is 2.28. The number of thioether (sulfide) groups is 1. The first kappa shape index (κ1) is 18.0. The molecule has 0 aliphatic heterocycles. The Labute approximate surface area is 136 Å². The number of aryl methyl sites for hydroxylation is 2. The molecule has 21 heavy (non-hydrogen) atoms. The highest BCUT2D eigenvalue weighted by Gasteiger charge is 2.19. The topological polar surface area (TPSA) is 86.6 Å². The Morgan fingerprint density at radius 2 is 2.00 bits per heavy atom. The molecular weight excluding hydrogens is 358 g/mol. The van der Waals surface area contributed by atoms with E-state index in [4.69, 9.17) is 10.2 Å². The molecule has 1 amide bonds. The lowest BCUT2D eigenvalue weighted by molar-refractivity contribution is -0.141. The lowest BCUT2D eigenvalue weighted by Gasteiger charge is -2.13. The summed E-state index contributed by atoms with van der Waals surface area (Å²) >= 11 is 4.81. The molecule has 1 atom stereocenters. The van der Waals surface area contributed by atoms with E-state index < -0.39 is 12.0 Å². The lowest BCUT2D eigenvalue weighted by atomic mass is 10.2. The smallest absolute Gasteiger partial charge is 0.326 e. The van der Waals surface area contributed by atoms with Crippen LogP contribution in [-0.2, 0) is 9.59 Å². The zero-order chi connectivity index (χ0) is 16.0. The summed E-state index contributed by atoms with van der Waals surface area (Å²) in [4.78, 5) is 23.7. The van der Waals surface area contributed by atoms with Crippen molar-refractivity contribution in [3.05, 3.63) is 27.7 Å². The van der Waals surface area contributed by atoms with E-state index in [1.165, 1.54) is 11.8 Å². The van der Waals surface area contributed by atoms with Gasteiger partial charge in [-0.15, -0.1) is 11.8 Å². The van der Waals surface area contributed by atoms with Crippen LogP contribution in [0.1, 0.15) is 17.5 Å². The largest absolute Gasteiger partial charge is 0.480 e. The molecule has 116 valence electrons. The average molecular weight is 376 g/mol. The summed E-state index contributed by atoms with van der Waals surface area (Å²) in [5.41, 5.74) is 2.13. The number of carboxylic acid groups (broad SMARTS) is 1. The van der Waals surface area contributed by atoms with Crippen molar-refractivity contribution in [3.8, 4) is 0 Å². The van der Waals surface area contributed by atoms with Crippen LogP contribution >= 0.6 is 27.7 Å². The van der Waals surface area contributed by atoms with Gasteiger partial charge in [-0.1, -0.05) is 15.9 Å². The van der Waals surface area contributed by atoms with Gasteiger partial charge in [-0.3, -0.25) is 4.79 Å². The number of benzene rings is 1. The Hall–Kier alpha value is -1.05. The number of hydrogen-bond acceptors (Lipinski definition) is 4. The number of aliphatic hydroxyl groups excluding tert-OH is 1. The van der Waals surface area contributed by atoms with E-state index in [1.54, 1.807) is 0 Å². The Balaban J connectivity index is 2.60. The summed E-state index contributed by atoms with van der Waals surface area (Å²) in [7, 11) is 0. The fourth-order valence-electron chi connectivity index (χ4n) is 1.68. The van der Waals surface area contributed by atoms with Crippen LogP contribution in [0.3, 0.4) is 0 Å². The molecular formula is C14H18BrNO4S. The summed E-state index contributed by atoms with van der Waals surface area (Å²) in [6.07, 6.45) is 0.00214. The van der Waals surface area contributed by atoms with Crippen LogP contribution in [0.25, 0.3) is 0 Å². The molecule has 0 bridgehead atoms. The Morgan fingerprint density at radius 3 is 2.57 bits per heavy atom. The maximum absolute atomic E-state index is 11.8. The average Bonchev–Trinajstić information content (AvgIpc) is 2.40. The standard InChI is InChI=1S/C14H18BrNO4S/c1-8-6-12(9(2)5-10(8)15)21-7-13(18)16-11(3-4-17)14(19)20/h5-6,11,17H,3-4,7H2,1-2H3,(H,16,18)(H,19,20)/t11-/m0/s1. The third-order valence-electron chi connectivity index (χ3n) is 2.87. The second-order valence-electron chi connectivity index (χ2n) is 4.63. The van der Waals surface area contributed by atoms with Gasteiger partial charge in [0.2, 0.25) is 5.91 Å². The van der Waals surface area contributed by atoms with Gasteiger partial charge in [0.15, 0.2) is 0 Å². The molecule has 0 unspecified atom stereocenters. The number of carbonyl (C=O) groups excluding carboxylic acids is 1. The van der Waals surface area contributed by atoms with Crippen molar-refractivity contribution in [1.82, 2.24) is 5.32 Å². The third-order valence-corrected chi connectivity index (χ3v) is 4.88. The number of halogens is 1. The molecule has 1 rings (SSSR count). The van der Waals surface area contributed by atoms with Crippen LogP contribution in [0, 0.1) is 13.8 Å². The van der Waals surface area contributed by atoms with Crippen molar-refractivity contribution >= 4 is 39.6 Å². The van der Waals surface area contributed by atoms with E-state index in [-0.39, 0.29) is 24.7 Å². The third kappa shape index (κ3) is 5.68. The second kappa shape index (κ2) is 8.41. The molecule has 7 heteroatoms. The van der Waals surface area contributed by atoms with Crippen molar-refractivity contribution in [2.75, 3.05) is 12.4 Å². The van der Waals surface area contributed by atoms with E-state index in [0.29, 0.717) is 0 Å². The Bertz CT molecular complexity index is 536. The van der Waals surface area contributed by atoms with Crippen LogP contribution in [0.4, 0.5) is 0 Å². The maximum atomic E-state index is 11.8. The van der Waals surface area contributed by atoms with E-state index in [9.17, 15) is 9.59 Å². The van der Waals surface area contributed by atoms with E-state index in [2.05, 4.69) is 21.2 Å². The van der Waals surface area contributed by atoms with Crippen LogP contribution in [0.2, 0.25) is 0 Å². The first-order valence-corrected chi connectivity index (χ1v) is 8.15. The Morgan fingerprint density at radius 1 is 1.33 bits per heavy atom. The van der Waals surface area contributed by atoms with Crippen molar-refractivity contribution in [1.29, 1.82) is 0 Å². The molecule has 1 aromatic carbocycles. The number of hydrogen-bond donors (Lipinski definition) is 3. The van der Waals surface area contributed by atoms with Gasteiger partial charge in [0.1, 0.15) is 6.04 Å². The monoisotopic (exact) mass is 375 g/mol. The van der Waals surface area contributed by atoms with Gasteiger partial charge >= 0.3 is 5.97 Å². The molecule has 0 spiro atoms. The number of carbonyl (C=O) groups is 2. The maximum Gasteiger partial charge on any atom is 0.326 e. The zero-order valence-corrected chi connectivity index (χ0v) is 14.3. The summed E-state index contributed by atoms with van der Waals surface area (Å²) in [6.45, 7) is 3.64. The van der Waals surface area contributed by atoms with Crippen LogP contribution in [0.15, 0.2) is 21.5 Å². The number of rotatable bonds is 7. The highest BCUT2D eigenvalue weighted by atomic mass is 79.9. The summed E-state index contributed by atoms with van der Waals surface area (Å²) in [5, 5.41) is 20.1. The first-order valence-electron chi connectivity index (χ1n) is 6.37. The van der Waals surface area contributed by atoms with Crippen molar-refractivity contribution in [2.24, 2.45) is 0 Å². The van der Waals surface area contributed by atoms with Gasteiger partial charge in [-0.25, -0.2) is 4.79 Å². The fourth-order valence-corrected chi connectivity index (χ4v) is 3.05. The van der Waals surface area contributed by atoms with Crippen molar-refractivity contribution in [3.63, 3.8) is 0 Å². The van der Waals surface area contributed by atoms with Crippen molar-refractivity contribution < 1.29 is 19.8 Å². The minimum Gasteiger partial charge on any atom is -0.480 e. The van der Waals surface area contributed by atoms with Crippen LogP contribution < -0.4 is 5.32 Å². The molecule has 5 nitrogen and oxygen atoms in total. The molecule has 1 aromatic rings. The normalized spacial score (nSPS) is 12.0. The van der Waals surface area contributed by atoms with E-state index in [1.807, 2.05) is 26.0 Å². The summed E-state index contributed by atoms with van der Waals surface area (Å²) in [5.74, 6) is -1.36. The lowest BCUT2D eigenvalue weighted by Crippen LogP contribution is -2.42. The quantitative estimate of drug-likeness (QED) is 0.635. The van der Waals surface area contributed by atoms with E-state index in [0.717, 1.165) is 20.5 Å². The van der Waals surface area contributed by atoms with Crippen molar-refractivity contribution in [2.45, 2.75) is 31.2 Å². The highest BCUT2D eigenvalue weighted by molar-refractivity contribution is 9.10. The van der Waals surface area contributed by atoms with Gasteiger partial charge in [0.25, 0.3) is 0 Å². The number of carboxylic acids is 1. The first-order chi connectivity index (χ1) is 9.85. The Kier molecular flexibility index (Phi) is 7.21. The molecule has 0 aliphatic rings. The van der Waals surface area contributed by atoms with Gasteiger partial charge in [0, 0.05) is 22.4 Å². The minimum atomic E-state index is -1.14. The van der Waals surface area contributed by atoms with Crippen LogP contribution in [0.5, 0.6) is 0 Å². The molecule has 0 aromatic heterocycles. The second-order valence-corrected chi connectivity index (χ2v) is 6.50. The van der Waals surface area contributed by atoms with E-state index >= 15 is 0 Å². The molecule has 0 radical (unpaired) electrons. The predicted octanol–water partition coefficient (Wildman–Crippen LogP) is 2.11. The summed E-state index contributed by atoms with van der Waals surface area (Å²) in [6, 6.07) is 2.93. The zero-order valence-electron chi connectivity index (χ0n) is 11.9. The number of aliphatic hydroxyl groups is 1. The molecule has 0 saturated heterocycles. The minimum absolute atomic E-state index is 0.00214. The number of aliphatic carboxylic acids is 1. The molecule has 0 saturated carbocycles. The molecule has 3 N–H and O–H groups in total. The van der Waals surface area contributed by atoms with Gasteiger partial charge < -0.3 is 15.5 Å². The fraction of sp³-hybridized carbons (Fsp3) is 0.429. The van der Waals surface area contributed by atoms with Gasteiger partial charge in [0.05, 0.1) is 5.75 Å². The molecule has 0 fully saturated rings. The predicted molar refractivity (Wildman–Crippen MR) is 85.6 cm³/mol. The summed E-state index contributed by atoms with van der Waals surface area (Å²) < 4.78 is 1.02. The molecule has 0 aliphatic carbocycles.